The van der Waals surface area contributed by atoms with Gasteiger partial charge in [-0.25, -0.2) is 13.8 Å². The number of pyridine rings is 1. The van der Waals surface area contributed by atoms with Gasteiger partial charge < -0.3 is 10.5 Å². The number of carbonyl (C=O) groups is 1. The summed E-state index contributed by atoms with van der Waals surface area (Å²) in [7, 11) is 1.23. The second-order valence-corrected chi connectivity index (χ2v) is 4.25. The van der Waals surface area contributed by atoms with Crippen LogP contribution in [0.15, 0.2) is 6.07 Å². The molecule has 1 rings (SSSR count). The van der Waals surface area contributed by atoms with Gasteiger partial charge in [-0.05, 0) is 34.2 Å². The lowest BCUT2D eigenvalue weighted by Crippen LogP contribution is -2.13. The lowest BCUT2D eigenvalue weighted by Gasteiger charge is -2.10. The van der Waals surface area contributed by atoms with Crippen LogP contribution in [0, 0.1) is 3.70 Å². The van der Waals surface area contributed by atoms with Gasteiger partial charge in [0.2, 0.25) is 0 Å². The third-order valence-electron chi connectivity index (χ3n) is 2.16. The molecule has 0 saturated carbocycles. The highest BCUT2D eigenvalue weighted by Gasteiger charge is 2.18. The van der Waals surface area contributed by atoms with Gasteiger partial charge in [-0.2, -0.15) is 0 Å². The molecule has 17 heavy (non-hydrogen) atoms. The summed E-state index contributed by atoms with van der Waals surface area (Å²) in [5.74, 6) is -0.511. The van der Waals surface area contributed by atoms with Gasteiger partial charge in [0, 0.05) is 12.1 Å². The molecule has 7 heteroatoms. The van der Waals surface area contributed by atoms with Crippen molar-refractivity contribution in [1.82, 2.24) is 4.98 Å². The number of aromatic nitrogens is 1. The number of esters is 1. The maximum absolute atomic E-state index is 12.7. The molecule has 0 fully saturated rings. The Labute approximate surface area is 111 Å². The Hall–Kier alpha value is -0.830. The molecule has 0 aliphatic carbocycles. The average Bonchev–Trinajstić information content (AvgIpc) is 2.30. The van der Waals surface area contributed by atoms with Gasteiger partial charge in [0.1, 0.15) is 3.70 Å². The molecule has 0 radical (unpaired) electrons. The first-order valence-electron chi connectivity index (χ1n) is 4.72. The number of ether oxygens (including phenoxy) is 1. The minimum absolute atomic E-state index is 0.0891. The highest BCUT2D eigenvalue weighted by molar-refractivity contribution is 14.1. The van der Waals surface area contributed by atoms with Crippen molar-refractivity contribution >= 4 is 28.6 Å². The summed E-state index contributed by atoms with van der Waals surface area (Å²) in [4.78, 5) is 15.1. The van der Waals surface area contributed by atoms with Gasteiger partial charge in [0.05, 0.1) is 19.2 Å². The first-order chi connectivity index (χ1) is 7.99. The van der Waals surface area contributed by atoms with E-state index in [4.69, 9.17) is 5.73 Å². The molecule has 0 amide bonds. The van der Waals surface area contributed by atoms with Crippen LogP contribution in [0.1, 0.15) is 23.2 Å². The zero-order valence-corrected chi connectivity index (χ0v) is 11.2. The van der Waals surface area contributed by atoms with Gasteiger partial charge in [-0.3, -0.25) is 4.79 Å². The summed E-state index contributed by atoms with van der Waals surface area (Å²) >= 11 is 1.72. The van der Waals surface area contributed by atoms with Crippen molar-refractivity contribution in [3.8, 4) is 0 Å². The number of rotatable bonds is 4. The third kappa shape index (κ3) is 3.56. The summed E-state index contributed by atoms with van der Waals surface area (Å²) < 4.78 is 30.0. The minimum atomic E-state index is -2.63. The number of halogens is 3. The highest BCUT2D eigenvalue weighted by atomic mass is 127. The number of nitrogens with zero attached hydrogens (tertiary/aromatic N) is 1. The molecular formula is C10H11F2IN2O2. The van der Waals surface area contributed by atoms with Gasteiger partial charge in [-0.1, -0.05) is 0 Å². The number of carbonyl (C=O) groups excluding carboxylic acids is 1. The lowest BCUT2D eigenvalue weighted by atomic mass is 10.1. The molecule has 0 spiro atoms. The van der Waals surface area contributed by atoms with Crippen molar-refractivity contribution in [2.75, 3.05) is 7.11 Å². The van der Waals surface area contributed by atoms with Crippen LogP contribution >= 0.6 is 22.6 Å². The maximum atomic E-state index is 12.7. The van der Waals surface area contributed by atoms with E-state index in [0.29, 0.717) is 11.3 Å². The molecule has 94 valence electrons. The van der Waals surface area contributed by atoms with Crippen LogP contribution in [0.3, 0.4) is 0 Å². The Kier molecular flexibility index (Phi) is 5.19. The number of hydrogen-bond donors (Lipinski definition) is 1. The predicted octanol–water partition coefficient (Wildman–Crippen LogP) is 1.80. The van der Waals surface area contributed by atoms with E-state index in [2.05, 4.69) is 9.72 Å². The topological polar surface area (TPSA) is 65.2 Å². The lowest BCUT2D eigenvalue weighted by molar-refractivity contribution is -0.139. The molecule has 1 aromatic heterocycles. The fraction of sp³-hybridized carbons (Fsp3) is 0.400. The van der Waals surface area contributed by atoms with E-state index < -0.39 is 12.4 Å². The van der Waals surface area contributed by atoms with Crippen LogP contribution in [0.25, 0.3) is 0 Å². The highest BCUT2D eigenvalue weighted by Crippen LogP contribution is 2.25. The molecule has 0 bridgehead atoms. The number of hydrogen-bond acceptors (Lipinski definition) is 4. The van der Waals surface area contributed by atoms with Crippen molar-refractivity contribution in [3.05, 3.63) is 26.6 Å². The zero-order valence-electron chi connectivity index (χ0n) is 9.04. The van der Waals surface area contributed by atoms with Crippen LogP contribution in [0.5, 0.6) is 0 Å². The van der Waals surface area contributed by atoms with E-state index in [1.54, 1.807) is 22.6 Å². The fourth-order valence-corrected chi connectivity index (χ4v) is 1.98. The average molecular weight is 356 g/mol. The molecule has 1 aromatic rings. The fourth-order valence-electron chi connectivity index (χ4n) is 1.30. The minimum Gasteiger partial charge on any atom is -0.469 e. The maximum Gasteiger partial charge on any atom is 0.310 e. The molecule has 1 heterocycles. The Morgan fingerprint density at radius 2 is 2.29 bits per heavy atom. The van der Waals surface area contributed by atoms with E-state index in [1.165, 1.54) is 13.2 Å². The quantitative estimate of drug-likeness (QED) is 0.508. The van der Waals surface area contributed by atoms with E-state index in [-0.39, 0.29) is 22.2 Å². The van der Waals surface area contributed by atoms with E-state index in [1.807, 2.05) is 0 Å². The van der Waals surface area contributed by atoms with Crippen LogP contribution in [-0.2, 0) is 22.5 Å². The number of nitrogens with two attached hydrogens (primary N) is 1. The molecule has 0 aliphatic heterocycles. The Morgan fingerprint density at radius 1 is 1.65 bits per heavy atom. The van der Waals surface area contributed by atoms with Crippen molar-refractivity contribution in [3.63, 3.8) is 0 Å². The Morgan fingerprint density at radius 3 is 2.76 bits per heavy atom. The normalized spacial score (nSPS) is 10.7. The molecular weight excluding hydrogens is 345 g/mol. The monoisotopic (exact) mass is 356 g/mol. The van der Waals surface area contributed by atoms with E-state index >= 15 is 0 Å². The van der Waals surface area contributed by atoms with Gasteiger partial charge in [0.25, 0.3) is 6.43 Å². The first-order valence-corrected chi connectivity index (χ1v) is 5.80. The van der Waals surface area contributed by atoms with Crippen molar-refractivity contribution in [1.29, 1.82) is 0 Å². The van der Waals surface area contributed by atoms with Crippen LogP contribution < -0.4 is 5.73 Å². The molecule has 0 atom stereocenters. The van der Waals surface area contributed by atoms with Crippen molar-refractivity contribution in [2.24, 2.45) is 5.73 Å². The SMILES string of the molecule is COC(=O)Cc1cc(C(F)F)c(I)nc1CN. The second-order valence-electron chi connectivity index (χ2n) is 3.23. The summed E-state index contributed by atoms with van der Waals surface area (Å²) in [6.07, 6.45) is -2.73. The summed E-state index contributed by atoms with van der Waals surface area (Å²) in [6.45, 7) is 0.0891. The largest absolute Gasteiger partial charge is 0.469 e. The van der Waals surface area contributed by atoms with Crippen LogP contribution in [-0.4, -0.2) is 18.1 Å². The third-order valence-corrected chi connectivity index (χ3v) is 3.03. The summed E-state index contributed by atoms with van der Waals surface area (Å²) in [6, 6.07) is 1.26. The molecule has 2 N–H and O–H groups in total. The summed E-state index contributed by atoms with van der Waals surface area (Å²) in [5, 5.41) is 0. The van der Waals surface area contributed by atoms with Gasteiger partial charge >= 0.3 is 5.97 Å². The molecule has 0 aliphatic rings. The second kappa shape index (κ2) is 6.20. The van der Waals surface area contributed by atoms with Gasteiger partial charge in [0.15, 0.2) is 0 Å². The molecule has 0 aromatic carbocycles. The van der Waals surface area contributed by atoms with E-state index in [0.717, 1.165) is 0 Å². The molecule has 0 saturated heterocycles. The van der Waals surface area contributed by atoms with Crippen LogP contribution in [0.4, 0.5) is 8.78 Å². The smallest absolute Gasteiger partial charge is 0.310 e. The van der Waals surface area contributed by atoms with Crippen LogP contribution in [0.2, 0.25) is 0 Å². The number of alkyl halides is 2. The van der Waals surface area contributed by atoms with E-state index in [9.17, 15) is 13.6 Å². The van der Waals surface area contributed by atoms with Crippen molar-refractivity contribution in [2.45, 2.75) is 19.4 Å². The Bertz CT molecular complexity index is 427. The first kappa shape index (κ1) is 14.2. The number of methoxy groups -OCH3 is 1. The standard InChI is InChI=1S/C10H11F2IN2O2/c1-17-8(16)3-5-2-6(9(11)12)10(13)15-7(5)4-14/h2,9H,3-4,14H2,1H3. The predicted molar refractivity (Wildman–Crippen MR) is 65.5 cm³/mol. The molecule has 4 nitrogen and oxygen atoms in total. The Balaban J connectivity index is 3.16. The summed E-state index contributed by atoms with van der Waals surface area (Å²) in [5.41, 5.74) is 6.08. The molecule has 0 unspecified atom stereocenters. The van der Waals surface area contributed by atoms with Gasteiger partial charge in [-0.15, -0.1) is 0 Å². The zero-order chi connectivity index (χ0) is 13.0. The van der Waals surface area contributed by atoms with Crippen molar-refractivity contribution < 1.29 is 18.3 Å².